The predicted octanol–water partition coefficient (Wildman–Crippen LogP) is 4.07. The van der Waals surface area contributed by atoms with Crippen LogP contribution >= 0.6 is 11.3 Å². The van der Waals surface area contributed by atoms with E-state index in [0.29, 0.717) is 45.3 Å². The first-order valence-corrected chi connectivity index (χ1v) is 12.7. The van der Waals surface area contributed by atoms with Crippen molar-refractivity contribution in [3.63, 3.8) is 0 Å². The number of thiophene rings is 1. The maximum Gasteiger partial charge on any atom is 0.259 e. The van der Waals surface area contributed by atoms with Crippen LogP contribution in [-0.4, -0.2) is 37.5 Å². The van der Waals surface area contributed by atoms with Crippen LogP contribution in [0.25, 0.3) is 21.3 Å². The first-order valence-electron chi connectivity index (χ1n) is 11.8. The highest BCUT2D eigenvalue weighted by Crippen LogP contribution is 2.25. The smallest absolute Gasteiger partial charge is 0.259 e. The monoisotopic (exact) mass is 494 g/mol. The summed E-state index contributed by atoms with van der Waals surface area (Å²) < 4.78 is 18.6. The van der Waals surface area contributed by atoms with Crippen molar-refractivity contribution >= 4 is 27.3 Å². The normalized spacial score (nSPS) is 18.5. The number of pyridine rings is 1. The zero-order chi connectivity index (χ0) is 24.5. The van der Waals surface area contributed by atoms with Crippen molar-refractivity contribution < 1.29 is 14.3 Å². The molecule has 0 radical (unpaired) electrons. The molecule has 0 spiro atoms. The maximum atomic E-state index is 15.0. The molecule has 0 saturated heterocycles. The Balaban J connectivity index is 1.46. The van der Waals surface area contributed by atoms with Gasteiger partial charge in [-0.1, -0.05) is 31.4 Å². The molecule has 2 atom stereocenters. The Kier molecular flexibility index (Phi) is 6.53. The number of aliphatic hydroxyl groups is 1. The largest absolute Gasteiger partial charge is 0.391 e. The number of hydrogen-bond acceptors (Lipinski definition) is 5. The summed E-state index contributed by atoms with van der Waals surface area (Å²) in [5.74, 6) is -0.777. The van der Waals surface area contributed by atoms with E-state index in [1.165, 1.54) is 28.2 Å². The molecular formula is C26H27FN4O3S. The molecule has 9 heteroatoms. The van der Waals surface area contributed by atoms with Crippen LogP contribution in [0.4, 0.5) is 4.39 Å². The first-order chi connectivity index (χ1) is 16.9. The number of carbonyl (C=O) groups is 1. The number of amides is 1. The molecule has 1 amide bonds. The molecule has 1 saturated carbocycles. The Bertz CT molecular complexity index is 1440. The quantitative estimate of drug-likeness (QED) is 0.409. The second kappa shape index (κ2) is 9.75. The van der Waals surface area contributed by atoms with E-state index < -0.39 is 11.9 Å². The minimum atomic E-state index is -0.585. The molecule has 1 fully saturated rings. The molecule has 1 aliphatic rings. The van der Waals surface area contributed by atoms with Crippen LogP contribution in [-0.2, 0) is 13.6 Å². The van der Waals surface area contributed by atoms with Crippen molar-refractivity contribution in [2.75, 3.05) is 0 Å². The van der Waals surface area contributed by atoms with E-state index >= 15 is 4.39 Å². The fraction of sp³-hybridized carbons (Fsp3) is 0.346. The number of benzene rings is 1. The second-order valence-electron chi connectivity index (χ2n) is 9.11. The summed E-state index contributed by atoms with van der Waals surface area (Å²) in [4.78, 5) is 26.4. The number of rotatable bonds is 5. The van der Waals surface area contributed by atoms with Gasteiger partial charge in [-0.25, -0.2) is 4.39 Å². The highest BCUT2D eigenvalue weighted by atomic mass is 32.1. The number of aromatic nitrogens is 3. The lowest BCUT2D eigenvalue weighted by Crippen LogP contribution is -2.43. The van der Waals surface area contributed by atoms with Gasteiger partial charge in [-0.3, -0.25) is 14.3 Å². The van der Waals surface area contributed by atoms with Crippen molar-refractivity contribution in [1.29, 1.82) is 0 Å². The van der Waals surface area contributed by atoms with Gasteiger partial charge in [0.15, 0.2) is 0 Å². The summed E-state index contributed by atoms with van der Waals surface area (Å²) in [6.07, 6.45) is 7.01. The van der Waals surface area contributed by atoms with Crippen molar-refractivity contribution in [1.82, 2.24) is 19.7 Å². The molecular weight excluding hydrogens is 467 g/mol. The van der Waals surface area contributed by atoms with Crippen LogP contribution in [0.15, 0.2) is 52.9 Å². The van der Waals surface area contributed by atoms with Gasteiger partial charge < -0.3 is 15.0 Å². The number of aryl methyl sites for hydroxylation is 1. The summed E-state index contributed by atoms with van der Waals surface area (Å²) in [7, 11) is 1.80. The standard InChI is InChI=1S/C26H27FN4O3S/c1-30-11-9-21(29-30)16-7-8-17(20(27)13-16)14-31-15-19(24-18(26(31)34)10-12-35-24)25(33)28-22-5-3-2-4-6-23(22)32/h7-13,15,22-23,32H,2-6,14H2,1H3,(H,28,33)/t22-,23-/m0/s1. The Morgan fingerprint density at radius 2 is 2.06 bits per heavy atom. The zero-order valence-electron chi connectivity index (χ0n) is 19.4. The molecule has 0 unspecified atom stereocenters. The van der Waals surface area contributed by atoms with Crippen molar-refractivity contribution in [2.24, 2.45) is 7.05 Å². The SMILES string of the molecule is Cn1ccc(-c2ccc(Cn3cc(C(=O)N[C@H]4CCCCC[C@@H]4O)c4sccc4c3=O)c(F)c2)n1. The molecule has 1 aromatic carbocycles. The molecule has 0 aliphatic heterocycles. The summed E-state index contributed by atoms with van der Waals surface area (Å²) in [5, 5.41) is 19.9. The predicted molar refractivity (Wildman–Crippen MR) is 134 cm³/mol. The number of hydrogen-bond donors (Lipinski definition) is 2. The van der Waals surface area contributed by atoms with Gasteiger partial charge in [0.05, 0.1) is 40.0 Å². The van der Waals surface area contributed by atoms with Crippen LogP contribution in [0.3, 0.4) is 0 Å². The van der Waals surface area contributed by atoms with Crippen LogP contribution in [0.2, 0.25) is 0 Å². The summed E-state index contributed by atoms with van der Waals surface area (Å²) in [6, 6.07) is 8.00. The Hall–Kier alpha value is -3.30. The van der Waals surface area contributed by atoms with Gasteiger partial charge in [-0.2, -0.15) is 5.10 Å². The Morgan fingerprint density at radius 1 is 1.23 bits per heavy atom. The number of nitrogens with one attached hydrogen (secondary N) is 1. The lowest BCUT2D eigenvalue weighted by molar-refractivity contribution is 0.0819. The number of halogens is 1. The van der Waals surface area contributed by atoms with Crippen molar-refractivity contribution in [3.8, 4) is 11.3 Å². The molecule has 0 bridgehead atoms. The van der Waals surface area contributed by atoms with Crippen LogP contribution in [0.5, 0.6) is 0 Å². The zero-order valence-corrected chi connectivity index (χ0v) is 20.2. The van der Waals surface area contributed by atoms with Crippen molar-refractivity contribution in [3.05, 3.63) is 75.4 Å². The van der Waals surface area contributed by atoms with Crippen LogP contribution in [0, 0.1) is 5.82 Å². The maximum absolute atomic E-state index is 15.0. The molecule has 7 nitrogen and oxygen atoms in total. The fourth-order valence-corrected chi connectivity index (χ4v) is 5.58. The van der Waals surface area contributed by atoms with Crippen LogP contribution < -0.4 is 10.9 Å². The summed E-state index contributed by atoms with van der Waals surface area (Å²) >= 11 is 1.32. The van der Waals surface area contributed by atoms with Gasteiger partial charge in [-0.15, -0.1) is 11.3 Å². The highest BCUT2D eigenvalue weighted by Gasteiger charge is 2.25. The third kappa shape index (κ3) is 4.78. The lowest BCUT2D eigenvalue weighted by atomic mass is 10.1. The molecule has 3 heterocycles. The molecule has 182 valence electrons. The molecule has 2 N–H and O–H groups in total. The summed E-state index contributed by atoms with van der Waals surface area (Å²) in [5.41, 5.74) is 1.73. The minimum Gasteiger partial charge on any atom is -0.391 e. The number of aliphatic hydroxyl groups excluding tert-OH is 1. The third-order valence-electron chi connectivity index (χ3n) is 6.63. The molecule has 1 aliphatic carbocycles. The van der Waals surface area contributed by atoms with Crippen LogP contribution in [0.1, 0.15) is 48.0 Å². The minimum absolute atomic E-state index is 0.00865. The average Bonchev–Trinajstić information content (AvgIpc) is 3.45. The number of nitrogens with zero attached hydrogens (tertiary/aromatic N) is 3. The van der Waals surface area contributed by atoms with Gasteiger partial charge in [0.2, 0.25) is 0 Å². The Labute approximate surface area is 205 Å². The highest BCUT2D eigenvalue weighted by molar-refractivity contribution is 7.17. The van der Waals surface area contributed by atoms with E-state index in [9.17, 15) is 14.7 Å². The topological polar surface area (TPSA) is 89.1 Å². The fourth-order valence-electron chi connectivity index (χ4n) is 4.68. The lowest BCUT2D eigenvalue weighted by Gasteiger charge is -2.22. The molecule has 4 aromatic rings. The Morgan fingerprint density at radius 3 is 2.83 bits per heavy atom. The van der Waals surface area contributed by atoms with Gasteiger partial charge in [0, 0.05) is 30.6 Å². The van der Waals surface area contributed by atoms with Gasteiger partial charge in [0.25, 0.3) is 11.5 Å². The molecule has 35 heavy (non-hydrogen) atoms. The summed E-state index contributed by atoms with van der Waals surface area (Å²) in [6.45, 7) is -0.00865. The first kappa shape index (κ1) is 23.4. The molecule has 3 aromatic heterocycles. The van der Waals surface area contributed by atoms with E-state index in [0.717, 1.165) is 19.3 Å². The van der Waals surface area contributed by atoms with E-state index in [1.807, 2.05) is 0 Å². The molecule has 5 rings (SSSR count). The average molecular weight is 495 g/mol. The van der Waals surface area contributed by atoms with E-state index in [1.54, 1.807) is 47.6 Å². The van der Waals surface area contributed by atoms with Gasteiger partial charge in [-0.05, 0) is 36.4 Å². The van der Waals surface area contributed by atoms with E-state index in [4.69, 9.17) is 0 Å². The number of carbonyl (C=O) groups excluding carboxylic acids is 1. The number of fused-ring (bicyclic) bond motifs is 1. The second-order valence-corrected chi connectivity index (χ2v) is 10.0. The van der Waals surface area contributed by atoms with Gasteiger partial charge in [0.1, 0.15) is 5.82 Å². The van der Waals surface area contributed by atoms with Crippen molar-refractivity contribution in [2.45, 2.75) is 50.8 Å². The van der Waals surface area contributed by atoms with Gasteiger partial charge >= 0.3 is 0 Å². The third-order valence-corrected chi connectivity index (χ3v) is 7.58. The van der Waals surface area contributed by atoms with E-state index in [2.05, 4.69) is 10.4 Å². The van der Waals surface area contributed by atoms with E-state index in [-0.39, 0.29) is 24.1 Å².